The Balaban J connectivity index is 1.88. The van der Waals surface area contributed by atoms with Gasteiger partial charge in [-0.05, 0) is 46.0 Å². The van der Waals surface area contributed by atoms with Gasteiger partial charge in [0.05, 0.1) is 12.7 Å². The molecule has 1 unspecified atom stereocenters. The lowest BCUT2D eigenvalue weighted by molar-refractivity contribution is 0.0595. The van der Waals surface area contributed by atoms with E-state index in [4.69, 9.17) is 4.74 Å². The Morgan fingerprint density at radius 2 is 1.45 bits per heavy atom. The van der Waals surface area contributed by atoms with Crippen LogP contribution in [0.5, 0.6) is 0 Å². The molecule has 3 aromatic carbocycles. The van der Waals surface area contributed by atoms with Gasteiger partial charge in [-0.3, -0.25) is 0 Å². The zero-order valence-electron chi connectivity index (χ0n) is 18.5. The summed E-state index contributed by atoms with van der Waals surface area (Å²) in [6.07, 6.45) is -0.951. The lowest BCUT2D eigenvalue weighted by Gasteiger charge is -2.44. The number of ether oxygens (including phenoxy) is 1. The van der Waals surface area contributed by atoms with Gasteiger partial charge in [-0.2, -0.15) is 0 Å². The molecular weight excluding hydrogens is 452 g/mol. The van der Waals surface area contributed by atoms with E-state index in [9.17, 15) is 9.90 Å². The van der Waals surface area contributed by atoms with Crippen molar-refractivity contribution in [2.24, 2.45) is 0 Å². The van der Waals surface area contributed by atoms with Crippen LogP contribution < -0.4 is 0 Å². The second kappa shape index (κ2) is 7.61. The van der Waals surface area contributed by atoms with Crippen molar-refractivity contribution >= 4 is 21.9 Å². The van der Waals surface area contributed by atoms with Crippen LogP contribution in [0.3, 0.4) is 0 Å². The number of hydrogen-bond donors (Lipinski definition) is 1. The molecule has 0 bridgehead atoms. The van der Waals surface area contributed by atoms with Crippen molar-refractivity contribution in [3.63, 3.8) is 0 Å². The van der Waals surface area contributed by atoms with Gasteiger partial charge in [-0.15, -0.1) is 0 Å². The molecule has 0 saturated carbocycles. The van der Waals surface area contributed by atoms with Crippen molar-refractivity contribution in [1.82, 2.24) is 0 Å². The van der Waals surface area contributed by atoms with Gasteiger partial charge in [0, 0.05) is 20.9 Å². The van der Waals surface area contributed by atoms with Crippen LogP contribution in [-0.2, 0) is 15.6 Å². The van der Waals surface area contributed by atoms with Crippen molar-refractivity contribution in [2.75, 3.05) is 7.11 Å². The molecule has 3 aromatic rings. The second-order valence-electron chi connectivity index (χ2n) is 9.23. The standard InChI is InChI=1S/C27H27BrO3/c1-26(2)20-8-6-7-9-21(20)27(3,4)23-14-16(10-13-22(23)26)24(29)19-15-17(28)11-12-18(19)25(30)31-5/h6-15,24,29H,1-5H3. The lowest BCUT2D eigenvalue weighted by Crippen LogP contribution is -2.36. The highest BCUT2D eigenvalue weighted by atomic mass is 79.9. The summed E-state index contributed by atoms with van der Waals surface area (Å²) in [5, 5.41) is 11.3. The smallest absolute Gasteiger partial charge is 0.338 e. The van der Waals surface area contributed by atoms with Crippen molar-refractivity contribution < 1.29 is 14.6 Å². The Morgan fingerprint density at radius 3 is 2.06 bits per heavy atom. The minimum atomic E-state index is -0.951. The molecule has 0 heterocycles. The summed E-state index contributed by atoms with van der Waals surface area (Å²) in [6.45, 7) is 8.96. The molecular formula is C27H27BrO3. The lowest BCUT2D eigenvalue weighted by atomic mass is 9.60. The number of benzene rings is 3. The first kappa shape index (κ1) is 21.8. The van der Waals surface area contributed by atoms with Crippen molar-refractivity contribution in [3.8, 4) is 0 Å². The number of fused-ring (bicyclic) bond motifs is 2. The average molecular weight is 479 g/mol. The Hall–Kier alpha value is -2.43. The molecule has 0 fully saturated rings. The number of aliphatic hydroxyl groups is 1. The Kier molecular flexibility index (Phi) is 5.35. The minimum Gasteiger partial charge on any atom is -0.465 e. The van der Waals surface area contributed by atoms with Crippen molar-refractivity contribution in [1.29, 1.82) is 0 Å². The molecule has 1 aliphatic rings. The highest BCUT2D eigenvalue weighted by Gasteiger charge is 2.41. The normalized spacial score (nSPS) is 16.7. The number of carbonyl (C=O) groups excluding carboxylic acids is 1. The molecule has 4 heteroatoms. The first-order valence-corrected chi connectivity index (χ1v) is 11.2. The summed E-state index contributed by atoms with van der Waals surface area (Å²) in [6, 6.07) is 20.0. The largest absolute Gasteiger partial charge is 0.465 e. The number of methoxy groups -OCH3 is 1. The number of hydrogen-bond acceptors (Lipinski definition) is 3. The van der Waals surface area contributed by atoms with E-state index in [0.717, 1.165) is 10.0 Å². The van der Waals surface area contributed by atoms with E-state index < -0.39 is 12.1 Å². The number of esters is 1. The third kappa shape index (κ3) is 3.42. The predicted molar refractivity (Wildman–Crippen MR) is 127 cm³/mol. The quantitative estimate of drug-likeness (QED) is 0.450. The van der Waals surface area contributed by atoms with Crippen LogP contribution in [0.1, 0.15) is 77.5 Å². The zero-order chi connectivity index (χ0) is 22.6. The van der Waals surface area contributed by atoms with Crippen LogP contribution in [-0.4, -0.2) is 18.2 Å². The van der Waals surface area contributed by atoms with Gasteiger partial charge in [-0.1, -0.05) is 86.1 Å². The van der Waals surface area contributed by atoms with Gasteiger partial charge in [0.15, 0.2) is 0 Å². The molecule has 31 heavy (non-hydrogen) atoms. The van der Waals surface area contributed by atoms with Gasteiger partial charge in [0.2, 0.25) is 0 Å². The maximum absolute atomic E-state index is 12.3. The number of rotatable bonds is 3. The zero-order valence-corrected chi connectivity index (χ0v) is 20.1. The van der Waals surface area contributed by atoms with Gasteiger partial charge in [-0.25, -0.2) is 4.79 Å². The molecule has 0 aromatic heterocycles. The molecule has 4 rings (SSSR count). The molecule has 0 radical (unpaired) electrons. The number of carbonyl (C=O) groups is 1. The SMILES string of the molecule is COC(=O)c1ccc(Br)cc1C(O)c1ccc2c(c1)C(C)(C)c1ccccc1C2(C)C. The van der Waals surface area contributed by atoms with Crippen LogP contribution in [0.25, 0.3) is 0 Å². The highest BCUT2D eigenvalue weighted by Crippen LogP contribution is 2.50. The fourth-order valence-electron chi connectivity index (χ4n) is 4.89. The molecule has 1 N–H and O–H groups in total. The second-order valence-corrected chi connectivity index (χ2v) is 10.1. The maximum Gasteiger partial charge on any atom is 0.338 e. The molecule has 0 aliphatic heterocycles. The molecule has 160 valence electrons. The van der Waals surface area contributed by atoms with E-state index in [1.54, 1.807) is 18.2 Å². The summed E-state index contributed by atoms with van der Waals surface area (Å²) in [4.78, 5) is 12.3. The van der Waals surface area contributed by atoms with Crippen LogP contribution in [0.2, 0.25) is 0 Å². The fourth-order valence-corrected chi connectivity index (χ4v) is 5.27. The summed E-state index contributed by atoms with van der Waals surface area (Å²) < 4.78 is 5.72. The van der Waals surface area contributed by atoms with E-state index in [1.165, 1.54) is 29.4 Å². The summed E-state index contributed by atoms with van der Waals surface area (Å²) in [5.41, 5.74) is 6.38. The van der Waals surface area contributed by atoms with Gasteiger partial charge >= 0.3 is 5.97 Å². The number of halogens is 1. The van der Waals surface area contributed by atoms with Crippen LogP contribution in [0, 0.1) is 0 Å². The first-order chi connectivity index (χ1) is 14.6. The Labute approximate surface area is 192 Å². The van der Waals surface area contributed by atoms with Gasteiger partial charge < -0.3 is 9.84 Å². The van der Waals surface area contributed by atoms with Crippen LogP contribution in [0.4, 0.5) is 0 Å². The third-order valence-electron chi connectivity index (χ3n) is 6.69. The maximum atomic E-state index is 12.3. The highest BCUT2D eigenvalue weighted by molar-refractivity contribution is 9.10. The van der Waals surface area contributed by atoms with E-state index in [1.807, 2.05) is 6.07 Å². The van der Waals surface area contributed by atoms with E-state index in [-0.39, 0.29) is 10.8 Å². The van der Waals surface area contributed by atoms with Crippen LogP contribution >= 0.6 is 15.9 Å². The third-order valence-corrected chi connectivity index (χ3v) is 7.19. The average Bonchev–Trinajstić information content (AvgIpc) is 2.76. The Morgan fingerprint density at radius 1 is 0.871 bits per heavy atom. The molecule has 0 spiro atoms. The summed E-state index contributed by atoms with van der Waals surface area (Å²) in [7, 11) is 1.35. The van der Waals surface area contributed by atoms with E-state index in [0.29, 0.717) is 11.1 Å². The molecule has 1 atom stereocenters. The van der Waals surface area contributed by atoms with Crippen LogP contribution in [0.15, 0.2) is 65.1 Å². The molecule has 0 amide bonds. The summed E-state index contributed by atoms with van der Waals surface area (Å²) >= 11 is 3.46. The van der Waals surface area contributed by atoms with Gasteiger partial charge in [0.1, 0.15) is 6.10 Å². The summed E-state index contributed by atoms with van der Waals surface area (Å²) in [5.74, 6) is -0.463. The van der Waals surface area contributed by atoms with Crippen molar-refractivity contribution in [2.45, 2.75) is 44.6 Å². The minimum absolute atomic E-state index is 0.141. The van der Waals surface area contributed by atoms with E-state index in [2.05, 4.69) is 80.0 Å². The first-order valence-electron chi connectivity index (χ1n) is 10.4. The monoisotopic (exact) mass is 478 g/mol. The van der Waals surface area contributed by atoms with E-state index >= 15 is 0 Å². The Bertz CT molecular complexity index is 1180. The molecule has 0 saturated heterocycles. The molecule has 1 aliphatic carbocycles. The molecule has 3 nitrogen and oxygen atoms in total. The predicted octanol–water partition coefficient (Wildman–Crippen LogP) is 6.28. The van der Waals surface area contributed by atoms with Crippen molar-refractivity contribution in [3.05, 3.63) is 104 Å². The fraction of sp³-hybridized carbons (Fsp3) is 0.296. The topological polar surface area (TPSA) is 46.5 Å². The van der Waals surface area contributed by atoms with Gasteiger partial charge in [0.25, 0.3) is 0 Å². The number of aliphatic hydroxyl groups excluding tert-OH is 1.